The number of hydrogen-bond acceptors (Lipinski definition) is 3. The topological polar surface area (TPSA) is 55.0 Å². The maximum absolute atomic E-state index is 12.1. The molecule has 5 heteroatoms. The lowest BCUT2D eigenvalue weighted by Gasteiger charge is -2.04. The minimum atomic E-state index is -0.213. The summed E-state index contributed by atoms with van der Waals surface area (Å²) >= 11 is 6.32. The number of aromatic nitrogens is 2. The summed E-state index contributed by atoms with van der Waals surface area (Å²) in [5.74, 6) is 1.09. The number of hydrogen-bond donors (Lipinski definition) is 1. The van der Waals surface area contributed by atoms with Crippen molar-refractivity contribution < 1.29 is 4.74 Å². The van der Waals surface area contributed by atoms with Crippen LogP contribution in [0.3, 0.4) is 0 Å². The highest BCUT2D eigenvalue weighted by molar-refractivity contribution is 6.50. The third-order valence-corrected chi connectivity index (χ3v) is 3.67. The van der Waals surface area contributed by atoms with E-state index in [9.17, 15) is 4.79 Å². The minimum Gasteiger partial charge on any atom is -0.490 e. The van der Waals surface area contributed by atoms with E-state index in [1.165, 1.54) is 0 Å². The zero-order chi connectivity index (χ0) is 16.9. The summed E-state index contributed by atoms with van der Waals surface area (Å²) < 4.78 is 5.43. The third-order valence-electron chi connectivity index (χ3n) is 3.38. The first kappa shape index (κ1) is 16.0. The molecule has 0 aliphatic heterocycles. The molecule has 1 N–H and O–H groups in total. The second-order valence-corrected chi connectivity index (χ2v) is 5.50. The van der Waals surface area contributed by atoms with Crippen molar-refractivity contribution in [2.45, 2.75) is 0 Å². The second-order valence-electron chi connectivity index (χ2n) is 5.09. The number of fused-ring (bicyclic) bond motifs is 1. The average molecular weight is 339 g/mol. The molecular weight excluding hydrogens is 324 g/mol. The summed E-state index contributed by atoms with van der Waals surface area (Å²) in [4.78, 5) is 19.2. The zero-order valence-corrected chi connectivity index (χ0v) is 13.6. The van der Waals surface area contributed by atoms with Crippen molar-refractivity contribution in [2.75, 3.05) is 6.61 Å². The molecule has 1 aromatic heterocycles. The van der Waals surface area contributed by atoms with E-state index in [1.54, 1.807) is 30.4 Å². The number of ether oxygens (including phenoxy) is 1. The van der Waals surface area contributed by atoms with Gasteiger partial charge in [0.1, 0.15) is 12.4 Å². The standard InChI is InChI=1S/C19H15ClN2O2/c1-2-11-24-14-9-7-13(8-10-14)12-16(20)18-21-17-6-4-3-5-15(17)19(23)22-18/h2-10,12H,1,11H2,(H,21,22,23)/b16-12-. The molecule has 0 fully saturated rings. The van der Waals surface area contributed by atoms with E-state index in [1.807, 2.05) is 30.3 Å². The van der Waals surface area contributed by atoms with E-state index in [0.717, 1.165) is 11.3 Å². The zero-order valence-electron chi connectivity index (χ0n) is 12.8. The number of benzene rings is 2. The van der Waals surface area contributed by atoms with E-state index in [2.05, 4.69) is 16.5 Å². The van der Waals surface area contributed by atoms with Gasteiger partial charge >= 0.3 is 0 Å². The molecule has 0 unspecified atom stereocenters. The Balaban J connectivity index is 1.90. The van der Waals surface area contributed by atoms with Gasteiger partial charge in [-0.25, -0.2) is 4.98 Å². The number of halogens is 1. The van der Waals surface area contributed by atoms with Crippen molar-refractivity contribution >= 4 is 33.6 Å². The SMILES string of the molecule is C=CCOc1ccc(/C=C(\Cl)c2nc3ccccc3c(=O)[nH]2)cc1. The van der Waals surface area contributed by atoms with E-state index < -0.39 is 0 Å². The van der Waals surface area contributed by atoms with Crippen LogP contribution in [0, 0.1) is 0 Å². The van der Waals surface area contributed by atoms with Crippen LogP contribution >= 0.6 is 11.6 Å². The van der Waals surface area contributed by atoms with Crippen molar-refractivity contribution in [3.63, 3.8) is 0 Å². The first-order chi connectivity index (χ1) is 11.7. The van der Waals surface area contributed by atoms with Crippen molar-refractivity contribution in [3.05, 3.63) is 82.9 Å². The summed E-state index contributed by atoms with van der Waals surface area (Å²) in [6.07, 6.45) is 3.43. The van der Waals surface area contributed by atoms with Gasteiger partial charge in [-0.2, -0.15) is 0 Å². The Morgan fingerprint density at radius 2 is 1.96 bits per heavy atom. The summed E-state index contributed by atoms with van der Waals surface area (Å²) in [6.45, 7) is 4.06. The molecule has 120 valence electrons. The number of H-pyrrole nitrogens is 1. The van der Waals surface area contributed by atoms with Crippen LogP contribution in [0.2, 0.25) is 0 Å². The number of rotatable bonds is 5. The molecule has 2 aromatic carbocycles. The smallest absolute Gasteiger partial charge is 0.259 e. The van der Waals surface area contributed by atoms with Crippen LogP contribution in [-0.2, 0) is 0 Å². The van der Waals surface area contributed by atoms with E-state index >= 15 is 0 Å². The molecule has 0 aliphatic carbocycles. The van der Waals surface area contributed by atoms with Gasteiger partial charge in [0, 0.05) is 0 Å². The van der Waals surface area contributed by atoms with Crippen LogP contribution in [0.15, 0.2) is 66.0 Å². The predicted octanol–water partition coefficient (Wildman–Crippen LogP) is 4.22. The Hall–Kier alpha value is -2.85. The molecule has 0 atom stereocenters. The highest BCUT2D eigenvalue weighted by Gasteiger charge is 2.06. The van der Waals surface area contributed by atoms with Gasteiger partial charge < -0.3 is 9.72 Å². The maximum Gasteiger partial charge on any atom is 0.259 e. The fourth-order valence-corrected chi connectivity index (χ4v) is 2.45. The molecule has 0 radical (unpaired) electrons. The van der Waals surface area contributed by atoms with E-state index in [0.29, 0.717) is 28.4 Å². The first-order valence-electron chi connectivity index (χ1n) is 7.38. The van der Waals surface area contributed by atoms with Crippen molar-refractivity contribution in [3.8, 4) is 5.75 Å². The summed E-state index contributed by atoms with van der Waals surface area (Å²) in [7, 11) is 0. The van der Waals surface area contributed by atoms with E-state index in [-0.39, 0.29) is 5.56 Å². The van der Waals surface area contributed by atoms with Gasteiger partial charge in [-0.3, -0.25) is 4.79 Å². The molecule has 0 bridgehead atoms. The van der Waals surface area contributed by atoms with Gasteiger partial charge in [-0.05, 0) is 35.9 Å². The van der Waals surface area contributed by atoms with Crippen molar-refractivity contribution in [2.24, 2.45) is 0 Å². The van der Waals surface area contributed by atoms with Gasteiger partial charge in [0.2, 0.25) is 0 Å². The fraction of sp³-hybridized carbons (Fsp3) is 0.0526. The quantitative estimate of drug-likeness (QED) is 0.708. The van der Waals surface area contributed by atoms with Gasteiger partial charge in [0.25, 0.3) is 5.56 Å². The molecule has 0 amide bonds. The van der Waals surface area contributed by atoms with Gasteiger partial charge in [0.05, 0.1) is 15.9 Å². The summed E-state index contributed by atoms with van der Waals surface area (Å²) in [5.41, 5.74) is 1.27. The van der Waals surface area contributed by atoms with E-state index in [4.69, 9.17) is 16.3 Å². The number of nitrogens with zero attached hydrogens (tertiary/aromatic N) is 1. The largest absolute Gasteiger partial charge is 0.490 e. The van der Waals surface area contributed by atoms with Crippen LogP contribution < -0.4 is 10.3 Å². The van der Waals surface area contributed by atoms with Crippen LogP contribution in [0.5, 0.6) is 5.75 Å². The second kappa shape index (κ2) is 7.15. The van der Waals surface area contributed by atoms with Crippen LogP contribution in [0.4, 0.5) is 0 Å². The van der Waals surface area contributed by atoms with Crippen molar-refractivity contribution in [1.29, 1.82) is 0 Å². The fourth-order valence-electron chi connectivity index (χ4n) is 2.23. The van der Waals surface area contributed by atoms with Crippen LogP contribution in [-0.4, -0.2) is 16.6 Å². The van der Waals surface area contributed by atoms with Gasteiger partial charge in [-0.1, -0.05) is 48.5 Å². The number of para-hydroxylation sites is 1. The lowest BCUT2D eigenvalue weighted by Crippen LogP contribution is -2.10. The maximum atomic E-state index is 12.1. The monoisotopic (exact) mass is 338 g/mol. The molecule has 1 heterocycles. The molecule has 3 aromatic rings. The predicted molar refractivity (Wildman–Crippen MR) is 98.2 cm³/mol. The van der Waals surface area contributed by atoms with Crippen LogP contribution in [0.25, 0.3) is 22.0 Å². The minimum absolute atomic E-state index is 0.213. The average Bonchev–Trinajstić information content (AvgIpc) is 2.61. The highest BCUT2D eigenvalue weighted by atomic mass is 35.5. The first-order valence-corrected chi connectivity index (χ1v) is 7.75. The molecule has 0 spiro atoms. The normalized spacial score (nSPS) is 11.5. The van der Waals surface area contributed by atoms with Crippen molar-refractivity contribution in [1.82, 2.24) is 9.97 Å². The third kappa shape index (κ3) is 3.55. The summed E-state index contributed by atoms with van der Waals surface area (Å²) in [6, 6.07) is 14.6. The Labute approximate surface area is 144 Å². The number of nitrogens with one attached hydrogen (secondary N) is 1. The molecule has 0 saturated carbocycles. The van der Waals surface area contributed by atoms with Gasteiger partial charge in [-0.15, -0.1) is 0 Å². The molecule has 0 aliphatic rings. The molecule has 3 rings (SSSR count). The number of aromatic amines is 1. The molecule has 4 nitrogen and oxygen atoms in total. The molecule has 0 saturated heterocycles. The van der Waals surface area contributed by atoms with Crippen LogP contribution in [0.1, 0.15) is 11.4 Å². The Morgan fingerprint density at radius 1 is 1.21 bits per heavy atom. The lowest BCUT2D eigenvalue weighted by atomic mass is 10.2. The lowest BCUT2D eigenvalue weighted by molar-refractivity contribution is 0.363. The van der Waals surface area contributed by atoms with Gasteiger partial charge in [0.15, 0.2) is 5.82 Å². The Kier molecular flexibility index (Phi) is 4.77. The summed E-state index contributed by atoms with van der Waals surface area (Å²) in [5, 5.41) is 0.895. The molecule has 24 heavy (non-hydrogen) atoms. The Bertz CT molecular complexity index is 959. The Morgan fingerprint density at radius 3 is 2.71 bits per heavy atom. The highest BCUT2D eigenvalue weighted by Crippen LogP contribution is 2.21. The molecular formula is C19H15ClN2O2.